The van der Waals surface area contributed by atoms with Crippen LogP contribution in [0.4, 0.5) is 10.8 Å². The number of rotatable bonds is 7. The molecule has 0 saturated carbocycles. The van der Waals surface area contributed by atoms with Gasteiger partial charge in [-0.3, -0.25) is 19.8 Å². The zero-order valence-electron chi connectivity index (χ0n) is 17.3. The van der Waals surface area contributed by atoms with Crippen molar-refractivity contribution in [2.75, 3.05) is 32.1 Å². The molecule has 9 heteroatoms. The highest BCUT2D eigenvalue weighted by Crippen LogP contribution is 2.33. The van der Waals surface area contributed by atoms with Crippen LogP contribution >= 0.6 is 22.9 Å². The van der Waals surface area contributed by atoms with E-state index in [4.69, 9.17) is 16.6 Å². The fourth-order valence-corrected chi connectivity index (χ4v) is 4.60. The van der Waals surface area contributed by atoms with Crippen LogP contribution in [0.2, 0.25) is 5.02 Å². The number of carbonyl (C=O) groups is 1. The van der Waals surface area contributed by atoms with Gasteiger partial charge >= 0.3 is 0 Å². The summed E-state index contributed by atoms with van der Waals surface area (Å²) in [6, 6.07) is 8.01. The zero-order valence-corrected chi connectivity index (χ0v) is 18.9. The Morgan fingerprint density at radius 2 is 1.93 bits per heavy atom. The number of thiazole rings is 1. The molecule has 0 aliphatic carbocycles. The van der Waals surface area contributed by atoms with E-state index in [1.165, 1.54) is 29.5 Å². The molecule has 3 aromatic rings. The van der Waals surface area contributed by atoms with Crippen molar-refractivity contribution in [3.8, 4) is 0 Å². The predicted molar refractivity (Wildman–Crippen MR) is 122 cm³/mol. The van der Waals surface area contributed by atoms with Crippen LogP contribution in [-0.4, -0.2) is 47.9 Å². The summed E-state index contributed by atoms with van der Waals surface area (Å²) < 4.78 is 0.998. The van der Waals surface area contributed by atoms with E-state index in [0.29, 0.717) is 11.7 Å². The second kappa shape index (κ2) is 9.07. The van der Waals surface area contributed by atoms with Gasteiger partial charge in [-0.25, -0.2) is 4.98 Å². The molecular formula is C21H23ClN4O3S. The molecule has 7 nitrogen and oxygen atoms in total. The van der Waals surface area contributed by atoms with Gasteiger partial charge in [-0.15, -0.1) is 0 Å². The minimum Gasteiger partial charge on any atom is -0.309 e. The minimum atomic E-state index is -0.534. The summed E-state index contributed by atoms with van der Waals surface area (Å²) in [5, 5.41) is 11.9. The van der Waals surface area contributed by atoms with Crippen molar-refractivity contribution in [3.05, 3.63) is 62.2 Å². The van der Waals surface area contributed by atoms with Crippen LogP contribution in [0.15, 0.2) is 30.3 Å². The predicted octanol–water partition coefficient (Wildman–Crippen LogP) is 5.07. The maximum atomic E-state index is 13.4. The number of hydrogen-bond acceptors (Lipinski definition) is 6. The van der Waals surface area contributed by atoms with Gasteiger partial charge in [0.15, 0.2) is 5.13 Å². The van der Waals surface area contributed by atoms with Crippen LogP contribution in [0, 0.1) is 24.0 Å². The quantitative estimate of drug-likeness (QED) is 0.373. The topological polar surface area (TPSA) is 79.6 Å². The third-order valence-electron chi connectivity index (χ3n) is 4.67. The van der Waals surface area contributed by atoms with E-state index in [9.17, 15) is 14.9 Å². The number of nitro benzene ring substituents is 1. The van der Waals surface area contributed by atoms with Gasteiger partial charge in [-0.1, -0.05) is 29.0 Å². The number of hydrogen-bond donors (Lipinski definition) is 0. The molecule has 0 bridgehead atoms. The third-order valence-corrected chi connectivity index (χ3v) is 6.03. The van der Waals surface area contributed by atoms with Crippen LogP contribution in [0.3, 0.4) is 0 Å². The van der Waals surface area contributed by atoms with E-state index in [0.717, 1.165) is 34.3 Å². The largest absolute Gasteiger partial charge is 0.309 e. The molecule has 0 saturated heterocycles. The number of nitro groups is 1. The van der Waals surface area contributed by atoms with Gasteiger partial charge in [0.25, 0.3) is 11.6 Å². The highest BCUT2D eigenvalue weighted by molar-refractivity contribution is 7.22. The summed E-state index contributed by atoms with van der Waals surface area (Å²) >= 11 is 7.68. The van der Waals surface area contributed by atoms with Crippen molar-refractivity contribution in [1.29, 1.82) is 0 Å². The van der Waals surface area contributed by atoms with Crippen molar-refractivity contribution in [3.63, 3.8) is 0 Å². The van der Waals surface area contributed by atoms with Gasteiger partial charge in [0.2, 0.25) is 0 Å². The Bertz CT molecular complexity index is 1110. The zero-order chi connectivity index (χ0) is 22.0. The Labute approximate surface area is 184 Å². The Balaban J connectivity index is 2.05. The molecule has 1 aromatic heterocycles. The first-order valence-electron chi connectivity index (χ1n) is 9.45. The third kappa shape index (κ3) is 4.77. The van der Waals surface area contributed by atoms with Crippen LogP contribution in [0.25, 0.3) is 10.2 Å². The lowest BCUT2D eigenvalue weighted by molar-refractivity contribution is -0.384. The van der Waals surface area contributed by atoms with Crippen molar-refractivity contribution in [2.24, 2.45) is 0 Å². The Kier molecular flexibility index (Phi) is 6.70. The summed E-state index contributed by atoms with van der Waals surface area (Å²) in [5.41, 5.74) is 2.95. The summed E-state index contributed by atoms with van der Waals surface area (Å²) in [4.78, 5) is 32.4. The summed E-state index contributed by atoms with van der Waals surface area (Å²) in [5.74, 6) is -0.393. The number of aromatic nitrogens is 1. The number of carbonyl (C=O) groups excluding carboxylic acids is 1. The molecule has 30 heavy (non-hydrogen) atoms. The van der Waals surface area contributed by atoms with Gasteiger partial charge in [-0.05, 0) is 64.2 Å². The summed E-state index contributed by atoms with van der Waals surface area (Å²) in [6.07, 6.45) is 0.721. The van der Waals surface area contributed by atoms with Crippen LogP contribution in [0.5, 0.6) is 0 Å². The average Bonchev–Trinajstić information content (AvgIpc) is 3.08. The van der Waals surface area contributed by atoms with Gasteiger partial charge < -0.3 is 4.90 Å². The number of anilines is 1. The van der Waals surface area contributed by atoms with Gasteiger partial charge in [0.1, 0.15) is 0 Å². The normalized spacial score (nSPS) is 11.3. The fraction of sp³-hybridized carbons (Fsp3) is 0.333. The van der Waals surface area contributed by atoms with E-state index in [1.807, 2.05) is 38.9 Å². The van der Waals surface area contributed by atoms with Crippen molar-refractivity contribution < 1.29 is 9.72 Å². The standard InChI is InChI=1S/C21H23ClN4O3S/c1-13-10-14(2)19-18(11-13)30-21(23-19)25(9-5-8-24(3)4)20(27)16-12-15(26(28)29)6-7-17(16)22/h6-7,10-12H,5,8-9H2,1-4H3. The maximum absolute atomic E-state index is 13.4. The molecule has 0 unspecified atom stereocenters. The molecule has 0 N–H and O–H groups in total. The molecule has 0 radical (unpaired) electrons. The minimum absolute atomic E-state index is 0.0999. The van der Waals surface area contributed by atoms with Gasteiger partial charge in [-0.2, -0.15) is 0 Å². The Morgan fingerprint density at radius 3 is 2.60 bits per heavy atom. The molecule has 0 spiro atoms. The monoisotopic (exact) mass is 446 g/mol. The molecule has 2 aromatic carbocycles. The first-order valence-corrected chi connectivity index (χ1v) is 10.6. The van der Waals surface area contributed by atoms with E-state index >= 15 is 0 Å². The smallest absolute Gasteiger partial charge is 0.270 e. The fourth-order valence-electron chi connectivity index (χ4n) is 3.24. The Hall–Kier alpha value is -2.55. The van der Waals surface area contributed by atoms with Crippen LogP contribution in [0.1, 0.15) is 27.9 Å². The molecule has 0 fully saturated rings. The van der Waals surface area contributed by atoms with Crippen LogP contribution in [-0.2, 0) is 0 Å². The molecule has 0 atom stereocenters. The second-order valence-electron chi connectivity index (χ2n) is 7.46. The SMILES string of the molecule is Cc1cc(C)c2nc(N(CCCN(C)C)C(=O)c3cc([N+](=O)[O-])ccc3Cl)sc2c1. The number of amides is 1. The van der Waals surface area contributed by atoms with Crippen molar-refractivity contribution in [2.45, 2.75) is 20.3 Å². The second-order valence-corrected chi connectivity index (χ2v) is 8.88. The number of halogens is 1. The van der Waals surface area contributed by atoms with E-state index in [1.54, 1.807) is 4.90 Å². The van der Waals surface area contributed by atoms with E-state index in [2.05, 4.69) is 6.07 Å². The lowest BCUT2D eigenvalue weighted by atomic mass is 10.1. The van der Waals surface area contributed by atoms with Crippen molar-refractivity contribution >= 4 is 49.9 Å². The average molecular weight is 447 g/mol. The van der Waals surface area contributed by atoms with E-state index < -0.39 is 10.8 Å². The maximum Gasteiger partial charge on any atom is 0.270 e. The number of nitrogens with zero attached hydrogens (tertiary/aromatic N) is 4. The molecular weight excluding hydrogens is 424 g/mol. The molecule has 0 aliphatic heterocycles. The number of non-ortho nitro benzene ring substituents is 1. The van der Waals surface area contributed by atoms with Gasteiger partial charge in [0.05, 0.1) is 25.7 Å². The van der Waals surface area contributed by atoms with E-state index in [-0.39, 0.29) is 16.3 Å². The lowest BCUT2D eigenvalue weighted by Crippen LogP contribution is -2.33. The number of aryl methyl sites for hydroxylation is 2. The van der Waals surface area contributed by atoms with Crippen LogP contribution < -0.4 is 4.90 Å². The lowest BCUT2D eigenvalue weighted by Gasteiger charge is -2.21. The van der Waals surface area contributed by atoms with Gasteiger partial charge in [0, 0.05) is 18.7 Å². The number of benzene rings is 2. The molecule has 3 rings (SSSR count). The molecule has 1 heterocycles. The Morgan fingerprint density at radius 1 is 1.20 bits per heavy atom. The highest BCUT2D eigenvalue weighted by Gasteiger charge is 2.25. The van der Waals surface area contributed by atoms with Crippen molar-refractivity contribution in [1.82, 2.24) is 9.88 Å². The molecule has 1 amide bonds. The first-order chi connectivity index (χ1) is 14.2. The summed E-state index contributed by atoms with van der Waals surface area (Å²) in [6.45, 7) is 5.23. The molecule has 158 valence electrons. The summed E-state index contributed by atoms with van der Waals surface area (Å²) in [7, 11) is 3.93. The highest BCUT2D eigenvalue weighted by atomic mass is 35.5. The number of fused-ring (bicyclic) bond motifs is 1. The first kappa shape index (κ1) is 22.1. The molecule has 0 aliphatic rings.